The van der Waals surface area contributed by atoms with Gasteiger partial charge in [0.1, 0.15) is 0 Å². The molecule has 0 bridgehead atoms. The van der Waals surface area contributed by atoms with E-state index in [-0.39, 0.29) is 17.2 Å². The van der Waals surface area contributed by atoms with Crippen LogP contribution in [0.2, 0.25) is 5.02 Å². The first-order valence-corrected chi connectivity index (χ1v) is 7.84. The van der Waals surface area contributed by atoms with E-state index in [1.165, 1.54) is 13.2 Å². The fourth-order valence-corrected chi connectivity index (χ4v) is 2.82. The SMILES string of the molecule is COC(=O)C(OC(=O)c1cc2c(cc1Cl)COB2O)c1ccccc1. The van der Waals surface area contributed by atoms with E-state index in [1.54, 1.807) is 36.4 Å². The first-order valence-electron chi connectivity index (χ1n) is 7.47. The third-order valence-electron chi connectivity index (χ3n) is 3.85. The molecule has 1 atom stereocenters. The van der Waals surface area contributed by atoms with Crippen LogP contribution in [0.4, 0.5) is 0 Å². The summed E-state index contributed by atoms with van der Waals surface area (Å²) < 4.78 is 15.1. The lowest BCUT2D eigenvalue weighted by molar-refractivity contribution is -0.151. The molecule has 0 aromatic heterocycles. The molecule has 6 nitrogen and oxygen atoms in total. The molecule has 0 aliphatic carbocycles. The van der Waals surface area contributed by atoms with Crippen LogP contribution in [0.15, 0.2) is 42.5 Å². The van der Waals surface area contributed by atoms with Crippen molar-refractivity contribution in [2.24, 2.45) is 0 Å². The molecule has 0 radical (unpaired) electrons. The Bertz CT molecular complexity index is 810. The third kappa shape index (κ3) is 3.53. The Morgan fingerprint density at radius 3 is 2.68 bits per heavy atom. The van der Waals surface area contributed by atoms with Crippen molar-refractivity contribution in [2.45, 2.75) is 12.7 Å². The van der Waals surface area contributed by atoms with Gasteiger partial charge in [0.25, 0.3) is 0 Å². The number of carbonyl (C=O) groups is 2. The van der Waals surface area contributed by atoms with E-state index in [9.17, 15) is 14.6 Å². The lowest BCUT2D eigenvalue weighted by atomic mass is 9.79. The smallest absolute Gasteiger partial charge is 0.466 e. The standard InChI is InChI=1S/C17H14BClO6/c1-23-17(21)15(10-5-3-2-4-6-10)25-16(20)12-8-13-11(7-14(12)19)9-24-18(13)22/h2-8,15,22H,9H2,1H3. The van der Waals surface area contributed by atoms with Gasteiger partial charge in [0.05, 0.1) is 24.3 Å². The number of esters is 2. The minimum atomic E-state index is -1.22. The quantitative estimate of drug-likeness (QED) is 0.659. The average Bonchev–Trinajstić information content (AvgIpc) is 2.98. The third-order valence-corrected chi connectivity index (χ3v) is 4.17. The second-order valence-corrected chi connectivity index (χ2v) is 5.82. The highest BCUT2D eigenvalue weighted by molar-refractivity contribution is 6.61. The molecule has 2 aromatic carbocycles. The van der Waals surface area contributed by atoms with Gasteiger partial charge in [-0.2, -0.15) is 0 Å². The van der Waals surface area contributed by atoms with Gasteiger partial charge in [-0.1, -0.05) is 41.9 Å². The minimum Gasteiger partial charge on any atom is -0.466 e. The molecule has 0 saturated heterocycles. The number of halogens is 1. The summed E-state index contributed by atoms with van der Waals surface area (Å²) >= 11 is 6.14. The number of methoxy groups -OCH3 is 1. The lowest BCUT2D eigenvalue weighted by Crippen LogP contribution is -2.29. The number of ether oxygens (including phenoxy) is 2. The van der Waals surface area contributed by atoms with Crippen molar-refractivity contribution >= 4 is 36.1 Å². The molecular formula is C17H14BClO6. The van der Waals surface area contributed by atoms with Crippen LogP contribution in [0.25, 0.3) is 0 Å². The van der Waals surface area contributed by atoms with Crippen molar-refractivity contribution in [1.82, 2.24) is 0 Å². The summed E-state index contributed by atoms with van der Waals surface area (Å²) in [6, 6.07) is 11.5. The number of hydrogen-bond donors (Lipinski definition) is 1. The van der Waals surface area contributed by atoms with E-state index in [0.717, 1.165) is 0 Å². The molecule has 0 saturated carbocycles. The highest BCUT2D eigenvalue weighted by atomic mass is 35.5. The molecule has 0 spiro atoms. The molecule has 8 heteroatoms. The summed E-state index contributed by atoms with van der Waals surface area (Å²) in [5, 5.41) is 9.92. The topological polar surface area (TPSA) is 82.1 Å². The van der Waals surface area contributed by atoms with Gasteiger partial charge in [0.2, 0.25) is 6.10 Å². The number of benzene rings is 2. The Morgan fingerprint density at radius 2 is 2.00 bits per heavy atom. The Kier molecular flexibility index (Phi) is 5.08. The Balaban J connectivity index is 1.90. The number of rotatable bonds is 4. The predicted molar refractivity (Wildman–Crippen MR) is 90.5 cm³/mol. The average molecular weight is 361 g/mol. The highest BCUT2D eigenvalue weighted by Gasteiger charge is 2.32. The second kappa shape index (κ2) is 7.27. The fourth-order valence-electron chi connectivity index (χ4n) is 2.56. The maximum absolute atomic E-state index is 12.5. The molecule has 1 heterocycles. The lowest BCUT2D eigenvalue weighted by Gasteiger charge is -2.17. The van der Waals surface area contributed by atoms with Crippen LogP contribution >= 0.6 is 11.6 Å². The summed E-state index contributed by atoms with van der Waals surface area (Å²) in [6.45, 7) is 0.209. The molecule has 1 unspecified atom stereocenters. The number of hydrogen-bond acceptors (Lipinski definition) is 6. The van der Waals surface area contributed by atoms with Gasteiger partial charge in [-0.05, 0) is 23.2 Å². The number of fused-ring (bicyclic) bond motifs is 1. The van der Waals surface area contributed by atoms with Crippen molar-refractivity contribution in [3.05, 3.63) is 64.2 Å². The highest BCUT2D eigenvalue weighted by Crippen LogP contribution is 2.25. The fraction of sp³-hybridized carbons (Fsp3) is 0.176. The molecule has 128 valence electrons. The minimum absolute atomic E-state index is 0.0369. The Labute approximate surface area is 149 Å². The van der Waals surface area contributed by atoms with E-state index < -0.39 is 25.2 Å². The summed E-state index contributed by atoms with van der Waals surface area (Å²) in [4.78, 5) is 24.6. The van der Waals surface area contributed by atoms with Gasteiger partial charge in [-0.15, -0.1) is 0 Å². The monoisotopic (exact) mass is 360 g/mol. The van der Waals surface area contributed by atoms with E-state index >= 15 is 0 Å². The van der Waals surface area contributed by atoms with Crippen LogP contribution in [-0.4, -0.2) is 31.2 Å². The van der Waals surface area contributed by atoms with Gasteiger partial charge in [0.15, 0.2) is 0 Å². The van der Waals surface area contributed by atoms with E-state index in [2.05, 4.69) is 0 Å². The molecule has 1 N–H and O–H groups in total. The normalized spacial score (nSPS) is 14.0. The Morgan fingerprint density at radius 1 is 1.28 bits per heavy atom. The van der Waals surface area contributed by atoms with Crippen molar-refractivity contribution < 1.29 is 28.7 Å². The molecule has 0 fully saturated rings. The van der Waals surface area contributed by atoms with Gasteiger partial charge < -0.3 is 19.2 Å². The zero-order valence-electron chi connectivity index (χ0n) is 13.3. The molecule has 1 aliphatic rings. The zero-order chi connectivity index (χ0) is 18.0. The Hall–Kier alpha value is -2.35. The predicted octanol–water partition coefficient (Wildman–Crippen LogP) is 1.63. The van der Waals surface area contributed by atoms with Crippen molar-refractivity contribution in [3.63, 3.8) is 0 Å². The van der Waals surface area contributed by atoms with Crippen molar-refractivity contribution in [1.29, 1.82) is 0 Å². The zero-order valence-corrected chi connectivity index (χ0v) is 14.0. The summed E-state index contributed by atoms with van der Waals surface area (Å²) in [6.07, 6.45) is -1.22. The van der Waals surface area contributed by atoms with E-state index in [4.69, 9.17) is 25.7 Å². The first kappa shape index (κ1) is 17.5. The molecule has 3 rings (SSSR count). The molecule has 2 aromatic rings. The van der Waals surface area contributed by atoms with Crippen LogP contribution in [0, 0.1) is 0 Å². The van der Waals surface area contributed by atoms with Gasteiger partial charge >= 0.3 is 19.1 Å². The van der Waals surface area contributed by atoms with Crippen LogP contribution in [0.5, 0.6) is 0 Å². The van der Waals surface area contributed by atoms with Crippen LogP contribution < -0.4 is 5.46 Å². The van der Waals surface area contributed by atoms with E-state index in [0.29, 0.717) is 16.6 Å². The van der Waals surface area contributed by atoms with Crippen LogP contribution in [0.1, 0.15) is 27.6 Å². The van der Waals surface area contributed by atoms with Crippen molar-refractivity contribution in [3.8, 4) is 0 Å². The number of carbonyl (C=O) groups excluding carboxylic acids is 2. The van der Waals surface area contributed by atoms with Gasteiger partial charge in [0, 0.05) is 5.56 Å². The van der Waals surface area contributed by atoms with E-state index in [1.807, 2.05) is 0 Å². The summed E-state index contributed by atoms with van der Waals surface area (Å²) in [5.41, 5.74) is 1.66. The van der Waals surface area contributed by atoms with Crippen LogP contribution in [-0.2, 0) is 25.5 Å². The summed E-state index contributed by atoms with van der Waals surface area (Å²) in [5.74, 6) is -1.51. The van der Waals surface area contributed by atoms with Crippen LogP contribution in [0.3, 0.4) is 0 Å². The van der Waals surface area contributed by atoms with Gasteiger partial charge in [-0.25, -0.2) is 9.59 Å². The molecule has 1 aliphatic heterocycles. The van der Waals surface area contributed by atoms with Crippen molar-refractivity contribution in [2.75, 3.05) is 7.11 Å². The largest absolute Gasteiger partial charge is 0.491 e. The maximum atomic E-state index is 12.5. The summed E-state index contributed by atoms with van der Waals surface area (Å²) in [7, 11) is 0.0895. The van der Waals surface area contributed by atoms with Gasteiger partial charge in [-0.3, -0.25) is 0 Å². The second-order valence-electron chi connectivity index (χ2n) is 5.41. The first-order chi connectivity index (χ1) is 12.0. The molecule has 0 amide bonds. The molecular weight excluding hydrogens is 346 g/mol. The maximum Gasteiger partial charge on any atom is 0.491 e. The molecule has 25 heavy (non-hydrogen) atoms.